The maximum Gasteiger partial charge on any atom is 0.345 e. The average Bonchev–Trinajstić information content (AvgIpc) is 3.47. The summed E-state index contributed by atoms with van der Waals surface area (Å²) in [7, 11) is 0. The van der Waals surface area contributed by atoms with Crippen molar-refractivity contribution in [3.63, 3.8) is 0 Å². The molecule has 2 aromatic carbocycles. The summed E-state index contributed by atoms with van der Waals surface area (Å²) in [5, 5.41) is 20.3. The summed E-state index contributed by atoms with van der Waals surface area (Å²) < 4.78 is 5.41. The fourth-order valence-electron chi connectivity index (χ4n) is 3.33. The lowest BCUT2D eigenvalue weighted by molar-refractivity contribution is 0.563. The Morgan fingerprint density at radius 1 is 1.19 bits per heavy atom. The Kier molecular flexibility index (Phi) is 5.15. The van der Waals surface area contributed by atoms with E-state index in [9.17, 15) is 10.1 Å². The van der Waals surface area contributed by atoms with Crippen LogP contribution in [0.25, 0.3) is 45.1 Å². The molecular weight excluding hydrogens is 444 g/mol. The molecule has 0 aliphatic heterocycles. The third kappa shape index (κ3) is 3.73. The molecule has 6 nitrogen and oxygen atoms in total. The van der Waals surface area contributed by atoms with E-state index in [2.05, 4.69) is 21.3 Å². The fraction of sp³-hybridized carbons (Fsp3) is 0. The highest BCUT2D eigenvalue weighted by Crippen LogP contribution is 2.30. The first-order chi connectivity index (χ1) is 15.6. The number of rotatable bonds is 4. The van der Waals surface area contributed by atoms with Crippen molar-refractivity contribution in [2.45, 2.75) is 0 Å². The second-order valence-corrected chi connectivity index (χ2v) is 8.20. The van der Waals surface area contributed by atoms with Crippen molar-refractivity contribution in [2.75, 3.05) is 0 Å². The number of hydrogen-bond donors (Lipinski definition) is 1. The zero-order chi connectivity index (χ0) is 22.1. The number of benzene rings is 2. The van der Waals surface area contributed by atoms with Crippen molar-refractivity contribution in [2.24, 2.45) is 0 Å². The van der Waals surface area contributed by atoms with Crippen LogP contribution in [0.15, 0.2) is 75.4 Å². The number of aromatic nitrogens is 3. The molecule has 154 valence electrons. The monoisotopic (exact) mass is 456 g/mol. The first-order valence-corrected chi connectivity index (χ1v) is 10.8. The van der Waals surface area contributed by atoms with Gasteiger partial charge in [-0.15, -0.1) is 11.3 Å². The predicted octanol–water partition coefficient (Wildman–Crippen LogP) is 6.02. The standard InChI is InChI=1S/C24H13ClN4O2S/c25-18-6-7-21-15(9-18)10-19(24(30)31-21)20-13-32-23(28-20)16(11-26)8-17-12-27-29-22(17)14-4-2-1-3-5-14/h1-10,12-13H,(H,27,29)/b16-8+. The molecule has 0 aliphatic rings. The van der Waals surface area contributed by atoms with Gasteiger partial charge in [0.15, 0.2) is 0 Å². The van der Waals surface area contributed by atoms with E-state index in [4.69, 9.17) is 16.0 Å². The van der Waals surface area contributed by atoms with E-state index in [0.29, 0.717) is 37.8 Å². The van der Waals surface area contributed by atoms with Crippen LogP contribution >= 0.6 is 22.9 Å². The van der Waals surface area contributed by atoms with E-state index in [0.717, 1.165) is 16.8 Å². The molecule has 0 fully saturated rings. The Labute approximate surface area is 191 Å². The summed E-state index contributed by atoms with van der Waals surface area (Å²) in [6.07, 6.45) is 3.40. The highest BCUT2D eigenvalue weighted by molar-refractivity contribution is 7.11. The number of hydrogen-bond acceptors (Lipinski definition) is 6. The van der Waals surface area contributed by atoms with E-state index in [1.165, 1.54) is 11.3 Å². The van der Waals surface area contributed by atoms with Crippen LogP contribution in [0.4, 0.5) is 0 Å². The number of nitrogens with one attached hydrogen (secondary N) is 1. The molecule has 5 rings (SSSR count). The van der Waals surface area contributed by atoms with E-state index < -0.39 is 5.63 Å². The lowest BCUT2D eigenvalue weighted by Gasteiger charge is -2.01. The van der Waals surface area contributed by atoms with Gasteiger partial charge in [0, 0.05) is 26.9 Å². The maximum atomic E-state index is 12.5. The molecule has 0 atom stereocenters. The molecule has 0 aliphatic carbocycles. The molecule has 0 spiro atoms. The van der Waals surface area contributed by atoms with Crippen LogP contribution in [-0.2, 0) is 0 Å². The van der Waals surface area contributed by atoms with Gasteiger partial charge < -0.3 is 4.42 Å². The minimum absolute atomic E-state index is 0.313. The number of nitrogens with zero attached hydrogens (tertiary/aromatic N) is 3. The Bertz CT molecular complexity index is 1580. The summed E-state index contributed by atoms with van der Waals surface area (Å²) in [4.78, 5) is 17.0. The van der Waals surface area contributed by atoms with Crippen LogP contribution in [0.3, 0.4) is 0 Å². The third-order valence-corrected chi connectivity index (χ3v) is 5.97. The van der Waals surface area contributed by atoms with Crippen LogP contribution < -0.4 is 5.63 Å². The van der Waals surface area contributed by atoms with Crippen molar-refractivity contribution in [1.29, 1.82) is 5.26 Å². The van der Waals surface area contributed by atoms with Crippen molar-refractivity contribution in [3.05, 3.63) is 92.2 Å². The van der Waals surface area contributed by atoms with Gasteiger partial charge in [-0.2, -0.15) is 10.4 Å². The summed E-state index contributed by atoms with van der Waals surface area (Å²) >= 11 is 7.34. The molecule has 0 amide bonds. The van der Waals surface area contributed by atoms with Crippen molar-refractivity contribution in [3.8, 4) is 28.6 Å². The summed E-state index contributed by atoms with van der Waals surface area (Å²) in [5.41, 5.74) is 3.61. The number of H-pyrrole nitrogens is 1. The molecule has 3 aromatic heterocycles. The minimum Gasteiger partial charge on any atom is -0.422 e. The van der Waals surface area contributed by atoms with Crippen LogP contribution in [0.1, 0.15) is 10.6 Å². The molecule has 0 saturated heterocycles. The number of allylic oxidation sites excluding steroid dienone is 1. The SMILES string of the molecule is N#C/C(=C\c1cn[nH]c1-c1ccccc1)c1nc(-c2cc3cc(Cl)ccc3oc2=O)cs1. The van der Waals surface area contributed by atoms with Gasteiger partial charge in [-0.1, -0.05) is 41.9 Å². The van der Waals surface area contributed by atoms with Gasteiger partial charge in [0.2, 0.25) is 0 Å². The predicted molar refractivity (Wildman–Crippen MR) is 126 cm³/mol. The minimum atomic E-state index is -0.500. The van der Waals surface area contributed by atoms with Crippen molar-refractivity contribution < 1.29 is 4.42 Å². The molecule has 3 heterocycles. The molecule has 5 aromatic rings. The highest BCUT2D eigenvalue weighted by Gasteiger charge is 2.15. The number of fused-ring (bicyclic) bond motifs is 1. The zero-order valence-electron chi connectivity index (χ0n) is 16.4. The van der Waals surface area contributed by atoms with E-state index in [1.54, 1.807) is 41.9 Å². The van der Waals surface area contributed by atoms with E-state index >= 15 is 0 Å². The number of thiazole rings is 1. The summed E-state index contributed by atoms with van der Waals surface area (Å²) in [5.74, 6) is 0. The molecule has 1 N–H and O–H groups in total. The van der Waals surface area contributed by atoms with Gasteiger partial charge in [0.1, 0.15) is 16.7 Å². The fourth-order valence-corrected chi connectivity index (χ4v) is 4.30. The zero-order valence-corrected chi connectivity index (χ0v) is 17.9. The van der Waals surface area contributed by atoms with Gasteiger partial charge in [0.05, 0.1) is 28.7 Å². The molecule has 8 heteroatoms. The topological polar surface area (TPSA) is 95.6 Å². The Hall–Kier alpha value is -3.99. The molecule has 0 saturated carbocycles. The normalized spacial score (nSPS) is 11.6. The van der Waals surface area contributed by atoms with Gasteiger partial charge in [-0.05, 0) is 30.3 Å². The number of halogens is 1. The van der Waals surface area contributed by atoms with E-state index in [-0.39, 0.29) is 0 Å². The maximum absolute atomic E-state index is 12.5. The molecule has 32 heavy (non-hydrogen) atoms. The Morgan fingerprint density at radius 3 is 2.84 bits per heavy atom. The number of nitriles is 1. The van der Waals surface area contributed by atoms with Gasteiger partial charge in [0.25, 0.3) is 0 Å². The first-order valence-electron chi connectivity index (χ1n) is 9.52. The van der Waals surface area contributed by atoms with E-state index in [1.807, 2.05) is 30.3 Å². The largest absolute Gasteiger partial charge is 0.422 e. The third-order valence-electron chi connectivity index (χ3n) is 4.86. The second kappa shape index (κ2) is 8.27. The smallest absolute Gasteiger partial charge is 0.345 e. The van der Waals surface area contributed by atoms with Crippen LogP contribution in [0.2, 0.25) is 5.02 Å². The summed E-state index contributed by atoms with van der Waals surface area (Å²) in [6.45, 7) is 0. The molecular formula is C24H13ClN4O2S. The Morgan fingerprint density at radius 2 is 2.03 bits per heavy atom. The lowest BCUT2D eigenvalue weighted by atomic mass is 10.1. The average molecular weight is 457 g/mol. The van der Waals surface area contributed by atoms with Crippen LogP contribution in [0, 0.1) is 11.3 Å². The van der Waals surface area contributed by atoms with Gasteiger partial charge in [-0.3, -0.25) is 5.10 Å². The molecule has 0 bridgehead atoms. The van der Waals surface area contributed by atoms with Crippen molar-refractivity contribution in [1.82, 2.24) is 15.2 Å². The second-order valence-electron chi connectivity index (χ2n) is 6.90. The molecule has 0 unspecified atom stereocenters. The quantitative estimate of drug-likeness (QED) is 0.263. The number of aromatic amines is 1. The van der Waals surface area contributed by atoms with Crippen molar-refractivity contribution >= 4 is 45.6 Å². The van der Waals surface area contributed by atoms with Crippen LogP contribution in [0.5, 0.6) is 0 Å². The Balaban J connectivity index is 1.54. The van der Waals surface area contributed by atoms with Crippen LogP contribution in [-0.4, -0.2) is 15.2 Å². The molecule has 0 radical (unpaired) electrons. The van der Waals surface area contributed by atoms with Gasteiger partial charge in [-0.25, -0.2) is 9.78 Å². The lowest BCUT2D eigenvalue weighted by Crippen LogP contribution is -2.02. The first kappa shape index (κ1) is 19.9. The summed E-state index contributed by atoms with van der Waals surface area (Å²) in [6, 6.07) is 18.7. The van der Waals surface area contributed by atoms with Gasteiger partial charge >= 0.3 is 5.63 Å². The highest BCUT2D eigenvalue weighted by atomic mass is 35.5.